The summed E-state index contributed by atoms with van der Waals surface area (Å²) >= 11 is 0. The van der Waals surface area contributed by atoms with Gasteiger partial charge in [0.25, 0.3) is 5.91 Å². The SMILES string of the molecule is CCCC[C@](C)(OCC)C(=O)Nc1ccc(O[C@@H](C)CC)c(C)c1. The van der Waals surface area contributed by atoms with Crippen molar-refractivity contribution in [1.29, 1.82) is 0 Å². The Hall–Kier alpha value is -1.55. The molecule has 4 nitrogen and oxygen atoms in total. The van der Waals surface area contributed by atoms with Crippen molar-refractivity contribution in [1.82, 2.24) is 0 Å². The lowest BCUT2D eigenvalue weighted by molar-refractivity contribution is -0.139. The number of rotatable bonds is 10. The molecule has 0 heterocycles. The molecule has 136 valence electrons. The average Bonchev–Trinajstić information content (AvgIpc) is 2.55. The van der Waals surface area contributed by atoms with Gasteiger partial charge in [-0.25, -0.2) is 0 Å². The van der Waals surface area contributed by atoms with Crippen LogP contribution in [0.1, 0.15) is 65.9 Å². The Morgan fingerprint density at radius 3 is 2.54 bits per heavy atom. The second kappa shape index (κ2) is 9.67. The molecule has 0 bridgehead atoms. The van der Waals surface area contributed by atoms with Gasteiger partial charge >= 0.3 is 0 Å². The predicted molar refractivity (Wildman–Crippen MR) is 99.7 cm³/mol. The lowest BCUT2D eigenvalue weighted by Gasteiger charge is -2.28. The van der Waals surface area contributed by atoms with E-state index >= 15 is 0 Å². The fraction of sp³-hybridized carbons (Fsp3) is 0.650. The van der Waals surface area contributed by atoms with Gasteiger partial charge in [0, 0.05) is 12.3 Å². The summed E-state index contributed by atoms with van der Waals surface area (Å²) in [5, 5.41) is 2.99. The summed E-state index contributed by atoms with van der Waals surface area (Å²) in [4.78, 5) is 12.7. The van der Waals surface area contributed by atoms with Gasteiger partial charge in [-0.3, -0.25) is 4.79 Å². The summed E-state index contributed by atoms with van der Waals surface area (Å²) in [6, 6.07) is 5.75. The van der Waals surface area contributed by atoms with E-state index in [9.17, 15) is 4.79 Å². The number of amides is 1. The van der Waals surface area contributed by atoms with E-state index in [1.54, 1.807) is 0 Å². The number of hydrogen-bond acceptors (Lipinski definition) is 3. The van der Waals surface area contributed by atoms with Gasteiger partial charge in [0.15, 0.2) is 0 Å². The Morgan fingerprint density at radius 1 is 1.29 bits per heavy atom. The van der Waals surface area contributed by atoms with Crippen molar-refractivity contribution >= 4 is 11.6 Å². The maximum Gasteiger partial charge on any atom is 0.256 e. The van der Waals surface area contributed by atoms with Crippen LogP contribution in [0.2, 0.25) is 0 Å². The number of unbranched alkanes of at least 4 members (excludes halogenated alkanes) is 1. The smallest absolute Gasteiger partial charge is 0.256 e. The first-order valence-corrected chi connectivity index (χ1v) is 9.09. The van der Waals surface area contributed by atoms with Crippen LogP contribution in [0.25, 0.3) is 0 Å². The van der Waals surface area contributed by atoms with Gasteiger partial charge in [-0.2, -0.15) is 0 Å². The van der Waals surface area contributed by atoms with Gasteiger partial charge in [0.1, 0.15) is 11.4 Å². The van der Waals surface area contributed by atoms with Crippen LogP contribution in [0.3, 0.4) is 0 Å². The van der Waals surface area contributed by atoms with E-state index < -0.39 is 5.60 Å². The Labute approximate surface area is 146 Å². The molecule has 4 heteroatoms. The van der Waals surface area contributed by atoms with E-state index in [0.29, 0.717) is 6.61 Å². The number of carbonyl (C=O) groups excluding carboxylic acids is 1. The number of ether oxygens (including phenoxy) is 2. The van der Waals surface area contributed by atoms with E-state index in [1.165, 1.54) is 0 Å². The van der Waals surface area contributed by atoms with E-state index in [-0.39, 0.29) is 12.0 Å². The summed E-state index contributed by atoms with van der Waals surface area (Å²) in [5.41, 5.74) is 1.00. The van der Waals surface area contributed by atoms with Crippen LogP contribution in [0, 0.1) is 6.92 Å². The highest BCUT2D eigenvalue weighted by Crippen LogP contribution is 2.26. The van der Waals surface area contributed by atoms with Gasteiger partial charge in [-0.1, -0.05) is 26.7 Å². The third-order valence-electron chi connectivity index (χ3n) is 4.29. The molecule has 0 fully saturated rings. The van der Waals surface area contributed by atoms with Gasteiger partial charge in [-0.05, 0) is 64.3 Å². The summed E-state index contributed by atoms with van der Waals surface area (Å²) < 4.78 is 11.6. The molecular weight excluding hydrogens is 302 g/mol. The Morgan fingerprint density at radius 2 is 2.00 bits per heavy atom. The molecular formula is C20H33NO3. The first kappa shape index (κ1) is 20.5. The fourth-order valence-electron chi connectivity index (χ4n) is 2.51. The molecule has 2 atom stereocenters. The molecule has 0 saturated carbocycles. The minimum Gasteiger partial charge on any atom is -0.490 e. The van der Waals surface area contributed by atoms with Crippen LogP contribution in [0.15, 0.2) is 18.2 Å². The lowest BCUT2D eigenvalue weighted by Crippen LogP contribution is -2.42. The Bertz CT molecular complexity index is 530. The van der Waals surface area contributed by atoms with E-state index in [1.807, 2.05) is 39.0 Å². The number of nitrogens with one attached hydrogen (secondary N) is 1. The first-order chi connectivity index (χ1) is 11.4. The topological polar surface area (TPSA) is 47.6 Å². The van der Waals surface area contributed by atoms with Gasteiger partial charge in [0.2, 0.25) is 0 Å². The third kappa shape index (κ3) is 5.82. The number of benzene rings is 1. The normalized spacial score (nSPS) is 14.8. The van der Waals surface area contributed by atoms with Crippen LogP contribution >= 0.6 is 0 Å². The molecule has 0 spiro atoms. The van der Waals surface area contributed by atoms with Crippen molar-refractivity contribution in [2.24, 2.45) is 0 Å². The highest BCUT2D eigenvalue weighted by molar-refractivity contribution is 5.97. The molecule has 0 radical (unpaired) electrons. The highest BCUT2D eigenvalue weighted by Gasteiger charge is 2.33. The van der Waals surface area contributed by atoms with Crippen LogP contribution in [0.4, 0.5) is 5.69 Å². The van der Waals surface area contributed by atoms with Crippen LogP contribution < -0.4 is 10.1 Å². The highest BCUT2D eigenvalue weighted by atomic mass is 16.5. The van der Waals surface area contributed by atoms with Crippen LogP contribution in [0.5, 0.6) is 5.75 Å². The zero-order valence-corrected chi connectivity index (χ0v) is 16.1. The molecule has 1 aromatic carbocycles. The van der Waals surface area contributed by atoms with Crippen molar-refractivity contribution in [2.45, 2.75) is 78.9 Å². The average molecular weight is 335 g/mol. The molecule has 0 saturated heterocycles. The quantitative estimate of drug-likeness (QED) is 0.647. The summed E-state index contributed by atoms with van der Waals surface area (Å²) in [6.45, 7) is 12.6. The molecule has 0 aliphatic rings. The van der Waals surface area contributed by atoms with Crippen LogP contribution in [-0.2, 0) is 9.53 Å². The second-order valence-electron chi connectivity index (χ2n) is 6.54. The second-order valence-corrected chi connectivity index (χ2v) is 6.54. The van der Waals surface area contributed by atoms with Crippen molar-refractivity contribution < 1.29 is 14.3 Å². The summed E-state index contributed by atoms with van der Waals surface area (Å²) in [5.74, 6) is 0.772. The number of hydrogen-bond donors (Lipinski definition) is 1. The lowest BCUT2D eigenvalue weighted by atomic mass is 9.97. The van der Waals surface area contributed by atoms with E-state index in [0.717, 1.165) is 42.7 Å². The standard InChI is InChI=1S/C20H33NO3/c1-7-10-13-20(6,23-9-3)19(22)21-17-11-12-18(15(4)14-17)24-16(5)8-2/h11-12,14,16H,7-10,13H2,1-6H3,(H,21,22)/t16-,20-/m0/s1. The Balaban J connectivity index is 2.83. The van der Waals surface area contributed by atoms with E-state index in [2.05, 4.69) is 26.1 Å². The van der Waals surface area contributed by atoms with Crippen molar-refractivity contribution in [3.63, 3.8) is 0 Å². The fourth-order valence-corrected chi connectivity index (χ4v) is 2.51. The van der Waals surface area contributed by atoms with E-state index in [4.69, 9.17) is 9.47 Å². The summed E-state index contributed by atoms with van der Waals surface area (Å²) in [6.07, 6.45) is 3.86. The van der Waals surface area contributed by atoms with Crippen LogP contribution in [-0.4, -0.2) is 24.2 Å². The molecule has 0 unspecified atom stereocenters. The molecule has 0 aliphatic carbocycles. The minimum atomic E-state index is -0.787. The minimum absolute atomic E-state index is 0.0900. The van der Waals surface area contributed by atoms with Gasteiger partial charge in [-0.15, -0.1) is 0 Å². The Kier molecular flexibility index (Phi) is 8.26. The zero-order chi connectivity index (χ0) is 18.2. The van der Waals surface area contributed by atoms with Crippen molar-refractivity contribution in [3.05, 3.63) is 23.8 Å². The van der Waals surface area contributed by atoms with Crippen molar-refractivity contribution in [2.75, 3.05) is 11.9 Å². The number of anilines is 1. The largest absolute Gasteiger partial charge is 0.490 e. The summed E-state index contributed by atoms with van der Waals surface area (Å²) in [7, 11) is 0. The maximum atomic E-state index is 12.7. The molecule has 1 N–H and O–H groups in total. The third-order valence-corrected chi connectivity index (χ3v) is 4.29. The number of aryl methyl sites for hydroxylation is 1. The number of carbonyl (C=O) groups is 1. The molecule has 0 aliphatic heterocycles. The molecule has 1 aromatic rings. The van der Waals surface area contributed by atoms with Crippen molar-refractivity contribution in [3.8, 4) is 5.75 Å². The molecule has 1 rings (SSSR count). The zero-order valence-electron chi connectivity index (χ0n) is 16.1. The molecule has 1 amide bonds. The van der Waals surface area contributed by atoms with Gasteiger partial charge < -0.3 is 14.8 Å². The molecule has 0 aromatic heterocycles. The maximum absolute atomic E-state index is 12.7. The van der Waals surface area contributed by atoms with Gasteiger partial charge in [0.05, 0.1) is 6.10 Å². The first-order valence-electron chi connectivity index (χ1n) is 9.09. The molecule has 24 heavy (non-hydrogen) atoms. The predicted octanol–water partition coefficient (Wildman–Crippen LogP) is 5.10. The monoisotopic (exact) mass is 335 g/mol.